The molecule has 0 spiro atoms. The number of aliphatic hydroxyl groups is 2. The standard InChI is InChI=1S/C37H45F5N4O3/c1-35(2)19-29-32(30(48)20-35)31(24-8-12-36(38,39)13-9-24)28(18-23-4-6-26(7-5-23)37(40,41)42)33(45-29)25-10-14-46(15-11-25)34-43-21-27(22-44-34)49-17-3-16-47/h4-7,21-22,24-25,30,47-48H,3,8-20H2,1-2H3. The fourth-order valence-corrected chi connectivity index (χ4v) is 7.88. The van der Waals surface area contributed by atoms with Gasteiger partial charge < -0.3 is 19.8 Å². The van der Waals surface area contributed by atoms with Crippen LogP contribution in [0.15, 0.2) is 36.7 Å². The molecule has 1 aromatic carbocycles. The lowest BCUT2D eigenvalue weighted by molar-refractivity contribution is -0.137. The summed E-state index contributed by atoms with van der Waals surface area (Å²) in [5, 5.41) is 20.6. The second kappa shape index (κ2) is 14.1. The molecule has 0 bridgehead atoms. The number of alkyl halides is 5. The van der Waals surface area contributed by atoms with Crippen LogP contribution in [0.1, 0.15) is 122 Å². The van der Waals surface area contributed by atoms with E-state index in [9.17, 15) is 27.1 Å². The SMILES string of the molecule is CC1(C)Cc2nc(C3CCN(c4ncc(OCCCO)cn4)CC3)c(Cc3ccc(C(F)(F)F)cc3)c(C3CCC(F)(F)CC3)c2C(O)C1. The monoisotopic (exact) mass is 688 g/mol. The molecule has 3 aromatic rings. The predicted octanol–water partition coefficient (Wildman–Crippen LogP) is 7.93. The van der Waals surface area contributed by atoms with Crippen molar-refractivity contribution in [3.8, 4) is 5.75 Å². The van der Waals surface area contributed by atoms with Gasteiger partial charge in [-0.1, -0.05) is 26.0 Å². The van der Waals surface area contributed by atoms with Gasteiger partial charge in [0.05, 0.1) is 30.7 Å². The highest BCUT2D eigenvalue weighted by Crippen LogP contribution is 2.50. The van der Waals surface area contributed by atoms with Crippen LogP contribution >= 0.6 is 0 Å². The zero-order valence-corrected chi connectivity index (χ0v) is 28.1. The molecule has 1 saturated carbocycles. The first-order valence-corrected chi connectivity index (χ1v) is 17.3. The number of aromatic nitrogens is 3. The third-order valence-electron chi connectivity index (χ3n) is 10.4. The van der Waals surface area contributed by atoms with Gasteiger partial charge in [0.2, 0.25) is 11.9 Å². The summed E-state index contributed by atoms with van der Waals surface area (Å²) in [6.07, 6.45) is 1.44. The van der Waals surface area contributed by atoms with Gasteiger partial charge in [-0.15, -0.1) is 0 Å². The Bertz CT molecular complexity index is 1580. The Kier molecular flexibility index (Phi) is 10.2. The van der Waals surface area contributed by atoms with E-state index in [1.165, 1.54) is 12.1 Å². The normalized spacial score (nSPS) is 21.4. The Morgan fingerprint density at radius 2 is 1.59 bits per heavy atom. The van der Waals surface area contributed by atoms with Gasteiger partial charge in [-0.05, 0) is 85.1 Å². The van der Waals surface area contributed by atoms with Gasteiger partial charge in [0.25, 0.3) is 0 Å². The van der Waals surface area contributed by atoms with Crippen LogP contribution in [0.4, 0.5) is 27.9 Å². The van der Waals surface area contributed by atoms with Crippen LogP contribution in [0.3, 0.4) is 0 Å². The summed E-state index contributed by atoms with van der Waals surface area (Å²) in [5.41, 5.74) is 3.91. The Morgan fingerprint density at radius 3 is 2.20 bits per heavy atom. The number of hydrogen-bond donors (Lipinski definition) is 2. The van der Waals surface area contributed by atoms with Gasteiger partial charge in [0, 0.05) is 61.8 Å². The molecule has 1 saturated heterocycles. The number of pyridine rings is 1. The zero-order chi connectivity index (χ0) is 35.0. The van der Waals surface area contributed by atoms with Crippen LogP contribution in [-0.4, -0.2) is 57.4 Å². The number of halogens is 5. The lowest BCUT2D eigenvalue weighted by atomic mass is 9.68. The van der Waals surface area contributed by atoms with Gasteiger partial charge in [0.15, 0.2) is 5.75 Å². The van der Waals surface area contributed by atoms with E-state index in [-0.39, 0.29) is 49.5 Å². The molecule has 0 radical (unpaired) electrons. The molecule has 266 valence electrons. The molecule has 12 heteroatoms. The first-order chi connectivity index (χ1) is 23.2. The molecule has 1 atom stereocenters. The van der Waals surface area contributed by atoms with Gasteiger partial charge in [-0.2, -0.15) is 13.2 Å². The van der Waals surface area contributed by atoms with Crippen LogP contribution < -0.4 is 9.64 Å². The molecule has 3 heterocycles. The summed E-state index contributed by atoms with van der Waals surface area (Å²) in [6.45, 7) is 5.89. The van der Waals surface area contributed by atoms with Crippen LogP contribution in [0, 0.1) is 5.41 Å². The van der Waals surface area contributed by atoms with E-state index in [4.69, 9.17) is 14.8 Å². The molecule has 2 aromatic heterocycles. The number of hydrogen-bond acceptors (Lipinski definition) is 7. The molecular weight excluding hydrogens is 643 g/mol. The van der Waals surface area contributed by atoms with Crippen molar-refractivity contribution in [2.75, 3.05) is 31.2 Å². The summed E-state index contributed by atoms with van der Waals surface area (Å²) in [7, 11) is 0. The number of fused-ring (bicyclic) bond motifs is 1. The van der Waals surface area contributed by atoms with Crippen molar-refractivity contribution in [2.24, 2.45) is 5.41 Å². The minimum absolute atomic E-state index is 0.0121. The number of aliphatic hydroxyl groups excluding tert-OH is 2. The maximum Gasteiger partial charge on any atom is 0.416 e. The minimum Gasteiger partial charge on any atom is -0.490 e. The summed E-state index contributed by atoms with van der Waals surface area (Å²) in [6, 6.07) is 5.14. The lowest BCUT2D eigenvalue weighted by Gasteiger charge is -2.40. The second-order valence-corrected chi connectivity index (χ2v) is 14.7. The number of nitrogens with zero attached hydrogens (tertiary/aromatic N) is 4. The fraction of sp³-hybridized carbons (Fsp3) is 0.595. The Morgan fingerprint density at radius 1 is 0.939 bits per heavy atom. The molecule has 1 unspecified atom stereocenters. The van der Waals surface area contributed by atoms with Crippen LogP contribution in [0.5, 0.6) is 5.75 Å². The summed E-state index contributed by atoms with van der Waals surface area (Å²) < 4.78 is 74.7. The molecule has 2 fully saturated rings. The molecule has 1 aliphatic heterocycles. The molecule has 2 N–H and O–H groups in total. The Labute approximate surface area is 284 Å². The number of ether oxygens (including phenoxy) is 1. The summed E-state index contributed by atoms with van der Waals surface area (Å²) >= 11 is 0. The highest BCUT2D eigenvalue weighted by Gasteiger charge is 2.42. The smallest absolute Gasteiger partial charge is 0.416 e. The van der Waals surface area contributed by atoms with Crippen molar-refractivity contribution in [3.63, 3.8) is 0 Å². The molecular formula is C37H45F5N4O3. The predicted molar refractivity (Wildman–Crippen MR) is 175 cm³/mol. The lowest BCUT2D eigenvalue weighted by Crippen LogP contribution is -2.36. The molecule has 2 aliphatic carbocycles. The average Bonchev–Trinajstić information content (AvgIpc) is 3.05. The van der Waals surface area contributed by atoms with Crippen molar-refractivity contribution < 1.29 is 36.9 Å². The second-order valence-electron chi connectivity index (χ2n) is 14.7. The largest absolute Gasteiger partial charge is 0.490 e. The van der Waals surface area contributed by atoms with Crippen LogP contribution in [-0.2, 0) is 19.0 Å². The summed E-state index contributed by atoms with van der Waals surface area (Å²) in [4.78, 5) is 16.4. The van der Waals surface area contributed by atoms with E-state index in [1.807, 2.05) is 0 Å². The fourth-order valence-electron chi connectivity index (χ4n) is 7.88. The van der Waals surface area contributed by atoms with E-state index in [0.29, 0.717) is 62.6 Å². The van der Waals surface area contributed by atoms with E-state index in [2.05, 4.69) is 28.7 Å². The maximum absolute atomic E-state index is 14.4. The molecule has 7 nitrogen and oxygen atoms in total. The quantitative estimate of drug-likeness (QED) is 0.174. The minimum atomic E-state index is -4.46. The third kappa shape index (κ3) is 8.17. The topological polar surface area (TPSA) is 91.6 Å². The van der Waals surface area contributed by atoms with E-state index in [0.717, 1.165) is 53.1 Å². The molecule has 3 aliphatic rings. The van der Waals surface area contributed by atoms with Crippen molar-refractivity contribution in [3.05, 3.63) is 75.9 Å². The number of piperidine rings is 1. The highest BCUT2D eigenvalue weighted by molar-refractivity contribution is 5.50. The van der Waals surface area contributed by atoms with Gasteiger partial charge >= 0.3 is 6.18 Å². The van der Waals surface area contributed by atoms with Gasteiger partial charge in [0.1, 0.15) is 0 Å². The molecule has 0 amide bonds. The van der Waals surface area contributed by atoms with Crippen molar-refractivity contribution in [2.45, 2.75) is 108 Å². The molecule has 6 rings (SSSR count). The first-order valence-electron chi connectivity index (χ1n) is 17.3. The Balaban J connectivity index is 1.36. The Hall–Kier alpha value is -3.38. The zero-order valence-electron chi connectivity index (χ0n) is 28.1. The third-order valence-corrected chi connectivity index (χ3v) is 10.4. The number of anilines is 1. The first kappa shape index (κ1) is 35.4. The van der Waals surface area contributed by atoms with Crippen molar-refractivity contribution in [1.82, 2.24) is 15.0 Å². The molecule has 49 heavy (non-hydrogen) atoms. The van der Waals surface area contributed by atoms with E-state index < -0.39 is 23.8 Å². The van der Waals surface area contributed by atoms with Crippen LogP contribution in [0.2, 0.25) is 0 Å². The van der Waals surface area contributed by atoms with E-state index in [1.54, 1.807) is 12.4 Å². The summed E-state index contributed by atoms with van der Waals surface area (Å²) in [5.74, 6) is -1.83. The van der Waals surface area contributed by atoms with Gasteiger partial charge in [-0.3, -0.25) is 4.98 Å². The maximum atomic E-state index is 14.4. The van der Waals surface area contributed by atoms with Crippen molar-refractivity contribution in [1.29, 1.82) is 0 Å². The van der Waals surface area contributed by atoms with Crippen molar-refractivity contribution >= 4 is 5.95 Å². The number of benzene rings is 1. The van der Waals surface area contributed by atoms with E-state index >= 15 is 0 Å². The van der Waals surface area contributed by atoms with Gasteiger partial charge in [-0.25, -0.2) is 18.7 Å². The highest BCUT2D eigenvalue weighted by atomic mass is 19.4. The number of rotatable bonds is 9. The van der Waals surface area contributed by atoms with Crippen LogP contribution in [0.25, 0.3) is 0 Å². The average molecular weight is 689 g/mol.